The Labute approximate surface area is 369 Å². The van der Waals surface area contributed by atoms with Crippen LogP contribution in [0.4, 0.5) is 0 Å². The Kier molecular flexibility index (Phi) is 18.9. The zero-order valence-corrected chi connectivity index (χ0v) is 36.3. The lowest BCUT2D eigenvalue weighted by molar-refractivity contribution is -0.368. The summed E-state index contributed by atoms with van der Waals surface area (Å²) in [6.07, 6.45) is -1.50. The van der Waals surface area contributed by atoms with Crippen molar-refractivity contribution in [2.75, 3.05) is 72.7 Å². The van der Waals surface area contributed by atoms with E-state index in [-0.39, 0.29) is 82.8 Å². The van der Waals surface area contributed by atoms with Crippen molar-refractivity contribution in [1.29, 1.82) is 0 Å². The molecule has 20 nitrogen and oxygen atoms in total. The van der Waals surface area contributed by atoms with Crippen molar-refractivity contribution in [1.82, 2.24) is 0 Å². The fraction of sp³-hybridized carbons (Fsp3) is 1.00. The van der Waals surface area contributed by atoms with E-state index in [2.05, 4.69) is 0 Å². The van der Waals surface area contributed by atoms with Crippen LogP contribution in [0.2, 0.25) is 0 Å². The van der Waals surface area contributed by atoms with Gasteiger partial charge in [0.1, 0.15) is 24.4 Å². The minimum absolute atomic E-state index is 0.0283. The normalized spacial score (nSPS) is 45.8. The number of aliphatic hydroxyl groups excluding tert-OH is 5. The molecule has 0 amide bonds. The first-order valence-electron chi connectivity index (χ1n) is 23.5. The molecule has 0 aromatic carbocycles. The lowest BCUT2D eigenvalue weighted by Gasteiger charge is -2.46. The summed E-state index contributed by atoms with van der Waals surface area (Å²) in [7, 11) is 0. The Balaban J connectivity index is 0.883. The second-order valence-corrected chi connectivity index (χ2v) is 18.3. The van der Waals surface area contributed by atoms with Crippen molar-refractivity contribution >= 4 is 0 Å². The lowest BCUT2D eigenvalue weighted by Crippen LogP contribution is -2.61. The van der Waals surface area contributed by atoms with E-state index < -0.39 is 86.9 Å². The van der Waals surface area contributed by atoms with Gasteiger partial charge in [0.25, 0.3) is 0 Å². The van der Waals surface area contributed by atoms with Crippen LogP contribution in [0.5, 0.6) is 0 Å². The molecule has 0 bridgehead atoms. The summed E-state index contributed by atoms with van der Waals surface area (Å²) in [5.41, 5.74) is 0. The topological polar surface area (TPSA) is 240 Å². The maximum absolute atomic E-state index is 9.95. The average molecular weight is 909 g/mol. The van der Waals surface area contributed by atoms with Gasteiger partial charge in [-0.2, -0.15) is 0 Å². The summed E-state index contributed by atoms with van der Waals surface area (Å²) in [5.74, 6) is 0.152. The second kappa shape index (κ2) is 24.5. The number of aliphatic hydroxyl groups is 5. The molecule has 0 saturated carbocycles. The zero-order chi connectivity index (χ0) is 43.5. The molecule has 0 spiro atoms. The van der Waals surface area contributed by atoms with Gasteiger partial charge in [-0.25, -0.2) is 0 Å². The molecule has 63 heavy (non-hydrogen) atoms. The highest BCUT2D eigenvalue weighted by Gasteiger charge is 2.49. The molecule has 8 aliphatic heterocycles. The molecule has 0 aromatic heterocycles. The second-order valence-electron chi connectivity index (χ2n) is 18.3. The molecule has 8 saturated heterocycles. The highest BCUT2D eigenvalue weighted by Crippen LogP contribution is 2.35. The zero-order valence-electron chi connectivity index (χ0n) is 36.3. The molecule has 0 aliphatic carbocycles. The standard InChI is InChI=1S/C43H72O20/c44-14-25-1-8-35(50-17-25)59-31-13-40(55-23-32(31)60-36-11-4-28(47)20-53-36)57-29-6-12-37(54-22-29)61-33-24-56-43(58-30-5-7-34(48)49-21-30)42(63-39-10-3-27(16-46)19-52-39)41(33)62-38-9-2-26(15-45)18-51-38/h25-48H,1-24H2/t25?,26?,27?,28?,29?,30?,31?,32?,33?,34-,35?,36?,37?,38?,39?,40?,41?,42?,43?/m1/s1. The monoisotopic (exact) mass is 908 g/mol. The molecule has 20 heteroatoms. The maximum Gasteiger partial charge on any atom is 0.187 e. The Morgan fingerprint density at radius 3 is 1.37 bits per heavy atom. The highest BCUT2D eigenvalue weighted by atomic mass is 16.8. The summed E-state index contributed by atoms with van der Waals surface area (Å²) < 4.78 is 94.0. The van der Waals surface area contributed by atoms with E-state index in [0.29, 0.717) is 84.0 Å². The Morgan fingerprint density at radius 2 is 0.825 bits per heavy atom. The van der Waals surface area contributed by atoms with Gasteiger partial charge in [0.15, 0.2) is 50.3 Å². The first-order chi connectivity index (χ1) is 30.8. The number of hydrogen-bond donors (Lipinski definition) is 5. The predicted molar refractivity (Wildman–Crippen MR) is 212 cm³/mol. The van der Waals surface area contributed by atoms with Crippen LogP contribution in [0.25, 0.3) is 0 Å². The molecule has 5 N–H and O–H groups in total. The van der Waals surface area contributed by atoms with Crippen LogP contribution in [0, 0.1) is 17.8 Å². The molecule has 8 heterocycles. The van der Waals surface area contributed by atoms with Crippen LogP contribution in [0.15, 0.2) is 0 Å². The van der Waals surface area contributed by atoms with Gasteiger partial charge in [-0.15, -0.1) is 0 Å². The molecule has 18 unspecified atom stereocenters. The Bertz CT molecular complexity index is 1270. The van der Waals surface area contributed by atoms with E-state index in [4.69, 9.17) is 71.1 Å². The quantitative estimate of drug-likeness (QED) is 0.136. The van der Waals surface area contributed by atoms with Crippen molar-refractivity contribution in [3.63, 3.8) is 0 Å². The maximum atomic E-state index is 9.95. The van der Waals surface area contributed by atoms with Crippen LogP contribution in [0.1, 0.15) is 83.5 Å². The molecule has 364 valence electrons. The minimum atomic E-state index is -0.879. The third-order valence-electron chi connectivity index (χ3n) is 13.3. The van der Waals surface area contributed by atoms with Crippen LogP contribution < -0.4 is 0 Å². The van der Waals surface area contributed by atoms with Gasteiger partial charge < -0.3 is 96.6 Å². The van der Waals surface area contributed by atoms with Crippen LogP contribution >= 0.6 is 0 Å². The van der Waals surface area contributed by atoms with E-state index in [9.17, 15) is 25.5 Å². The molecule has 8 aliphatic rings. The van der Waals surface area contributed by atoms with Gasteiger partial charge >= 0.3 is 0 Å². The van der Waals surface area contributed by atoms with Gasteiger partial charge in [0.05, 0.1) is 77.3 Å². The van der Waals surface area contributed by atoms with Crippen molar-refractivity contribution < 1.29 is 96.6 Å². The summed E-state index contributed by atoms with van der Waals surface area (Å²) in [6, 6.07) is 0. The molecule has 0 radical (unpaired) electrons. The molecule has 8 rings (SSSR count). The fourth-order valence-corrected chi connectivity index (χ4v) is 9.37. The predicted octanol–water partition coefficient (Wildman–Crippen LogP) is 0.783. The fourth-order valence-electron chi connectivity index (χ4n) is 9.37. The number of rotatable bonds is 17. The van der Waals surface area contributed by atoms with Crippen LogP contribution in [0.3, 0.4) is 0 Å². The van der Waals surface area contributed by atoms with Gasteiger partial charge in [0.2, 0.25) is 0 Å². The molecular formula is C43H72O20. The van der Waals surface area contributed by atoms with Crippen LogP contribution in [-0.2, 0) is 71.1 Å². The van der Waals surface area contributed by atoms with Crippen molar-refractivity contribution in [2.24, 2.45) is 17.8 Å². The number of hydrogen-bond acceptors (Lipinski definition) is 20. The molecule has 8 fully saturated rings. The van der Waals surface area contributed by atoms with E-state index in [1.165, 1.54) is 0 Å². The number of ether oxygens (including phenoxy) is 15. The van der Waals surface area contributed by atoms with E-state index in [1.54, 1.807) is 0 Å². The van der Waals surface area contributed by atoms with Gasteiger partial charge in [-0.1, -0.05) is 0 Å². The third-order valence-corrected chi connectivity index (χ3v) is 13.3. The Hall–Kier alpha value is -0.800. The minimum Gasteiger partial charge on any atom is -0.396 e. The van der Waals surface area contributed by atoms with Gasteiger partial charge in [-0.3, -0.25) is 0 Å². The SMILES string of the molecule is OCC1CCC(OC2CC(OC3CCC(OC4COC(OC5CC[C@H](O)OC5)C(OC5CCC(CO)CO5)C4OC4CCC(CO)CO4)OC3)OCC2OC2CCC(O)CO2)OC1. The third kappa shape index (κ3) is 14.1. The van der Waals surface area contributed by atoms with E-state index in [1.807, 2.05) is 0 Å². The first-order valence-corrected chi connectivity index (χ1v) is 23.5. The summed E-state index contributed by atoms with van der Waals surface area (Å²) in [5, 5.41) is 48.9. The molecular weight excluding hydrogens is 836 g/mol. The molecule has 0 aromatic rings. The Morgan fingerprint density at radius 1 is 0.349 bits per heavy atom. The van der Waals surface area contributed by atoms with Gasteiger partial charge in [-0.05, 0) is 57.8 Å². The summed E-state index contributed by atoms with van der Waals surface area (Å²) >= 11 is 0. The highest BCUT2D eigenvalue weighted by molar-refractivity contribution is 4.90. The van der Waals surface area contributed by atoms with Gasteiger partial charge in [0, 0.05) is 63.3 Å². The summed E-state index contributed by atoms with van der Waals surface area (Å²) in [4.78, 5) is 0. The smallest absolute Gasteiger partial charge is 0.187 e. The van der Waals surface area contributed by atoms with E-state index >= 15 is 0 Å². The van der Waals surface area contributed by atoms with Crippen molar-refractivity contribution in [3.8, 4) is 0 Å². The van der Waals surface area contributed by atoms with E-state index in [0.717, 1.165) is 19.3 Å². The largest absolute Gasteiger partial charge is 0.396 e. The van der Waals surface area contributed by atoms with Crippen molar-refractivity contribution in [3.05, 3.63) is 0 Å². The summed E-state index contributed by atoms with van der Waals surface area (Å²) in [6.45, 7) is 2.25. The van der Waals surface area contributed by atoms with Crippen molar-refractivity contribution in [2.45, 2.75) is 183 Å². The average Bonchev–Trinajstić information content (AvgIpc) is 3.31. The lowest BCUT2D eigenvalue weighted by atomic mass is 10.0. The van der Waals surface area contributed by atoms with Crippen LogP contribution in [-0.4, -0.2) is 197 Å². The first kappa shape index (κ1) is 48.6. The molecule has 19 atom stereocenters.